The number of amides is 4. The third-order valence-electron chi connectivity index (χ3n) is 3.47. The van der Waals surface area contributed by atoms with Crippen LogP contribution in [0.1, 0.15) is 17.9 Å². The number of hydrazine groups is 1. The van der Waals surface area contributed by atoms with Crippen LogP contribution in [0.4, 0.5) is 4.79 Å². The van der Waals surface area contributed by atoms with Crippen LogP contribution in [0.3, 0.4) is 0 Å². The minimum atomic E-state index is -0.599. The summed E-state index contributed by atoms with van der Waals surface area (Å²) in [6.07, 6.45) is 0.693. The highest BCUT2D eigenvalue weighted by atomic mass is 35.5. The van der Waals surface area contributed by atoms with Gasteiger partial charge in [-0.25, -0.2) is 9.80 Å². The molecule has 0 unspecified atom stereocenters. The van der Waals surface area contributed by atoms with E-state index in [-0.39, 0.29) is 24.3 Å². The average molecular weight is 294 g/mol. The highest BCUT2D eigenvalue weighted by Crippen LogP contribution is 2.49. The summed E-state index contributed by atoms with van der Waals surface area (Å²) in [6, 6.07) is 6.80. The predicted molar refractivity (Wildman–Crippen MR) is 70.7 cm³/mol. The van der Waals surface area contributed by atoms with E-state index in [4.69, 9.17) is 11.6 Å². The molecular formula is C13H12ClN3O3. The van der Waals surface area contributed by atoms with Gasteiger partial charge in [0.05, 0.1) is 0 Å². The fourth-order valence-corrected chi connectivity index (χ4v) is 2.63. The molecule has 6 nitrogen and oxygen atoms in total. The highest BCUT2D eigenvalue weighted by molar-refractivity contribution is 6.31. The fraction of sp³-hybridized carbons (Fsp3) is 0.308. The summed E-state index contributed by atoms with van der Waals surface area (Å²) in [5.41, 5.74) is 3.40. The van der Waals surface area contributed by atoms with Gasteiger partial charge in [-0.1, -0.05) is 29.8 Å². The molecule has 20 heavy (non-hydrogen) atoms. The smallest absolute Gasteiger partial charge is 0.275 e. The Morgan fingerprint density at radius 1 is 1.35 bits per heavy atom. The lowest BCUT2D eigenvalue weighted by molar-refractivity contribution is -0.126. The summed E-state index contributed by atoms with van der Waals surface area (Å²) in [4.78, 5) is 34.4. The Morgan fingerprint density at radius 2 is 2.10 bits per heavy atom. The summed E-state index contributed by atoms with van der Waals surface area (Å²) >= 11 is 6.09. The number of carbonyl (C=O) groups is 3. The highest BCUT2D eigenvalue weighted by Gasteiger charge is 2.46. The van der Waals surface area contributed by atoms with Crippen molar-refractivity contribution in [3.05, 3.63) is 34.9 Å². The van der Waals surface area contributed by atoms with E-state index < -0.39 is 11.9 Å². The van der Waals surface area contributed by atoms with E-state index in [0.717, 1.165) is 10.6 Å². The zero-order chi connectivity index (χ0) is 14.3. The van der Waals surface area contributed by atoms with Crippen molar-refractivity contribution < 1.29 is 14.4 Å². The van der Waals surface area contributed by atoms with Crippen LogP contribution < -0.4 is 10.7 Å². The molecule has 1 saturated heterocycles. The Kier molecular flexibility index (Phi) is 3.10. The number of benzene rings is 1. The molecule has 0 aromatic heterocycles. The first-order valence-electron chi connectivity index (χ1n) is 6.22. The summed E-state index contributed by atoms with van der Waals surface area (Å²) < 4.78 is 0. The van der Waals surface area contributed by atoms with Gasteiger partial charge in [-0.05, 0) is 24.0 Å². The van der Waals surface area contributed by atoms with Gasteiger partial charge in [-0.15, -0.1) is 0 Å². The topological polar surface area (TPSA) is 78.5 Å². The van der Waals surface area contributed by atoms with Gasteiger partial charge >= 0.3 is 6.03 Å². The third kappa shape index (κ3) is 2.34. The first kappa shape index (κ1) is 12.9. The van der Waals surface area contributed by atoms with Crippen LogP contribution in [0.5, 0.6) is 0 Å². The average Bonchev–Trinajstić information content (AvgIpc) is 3.12. The number of nitrogens with zero attached hydrogens (tertiary/aromatic N) is 1. The number of nitrogens with one attached hydrogen (secondary N) is 2. The molecule has 0 spiro atoms. The van der Waals surface area contributed by atoms with Crippen LogP contribution in [0.2, 0.25) is 5.02 Å². The molecule has 2 aliphatic rings. The van der Waals surface area contributed by atoms with Crippen molar-refractivity contribution in [2.24, 2.45) is 5.92 Å². The van der Waals surface area contributed by atoms with Crippen molar-refractivity contribution in [2.45, 2.75) is 12.3 Å². The van der Waals surface area contributed by atoms with E-state index in [1.165, 1.54) is 0 Å². The molecule has 0 radical (unpaired) electrons. The minimum Gasteiger partial charge on any atom is -0.275 e. The summed E-state index contributed by atoms with van der Waals surface area (Å²) in [6.45, 7) is -0.145. The molecule has 7 heteroatoms. The molecule has 104 valence electrons. The number of halogens is 1. The zero-order valence-corrected chi connectivity index (χ0v) is 11.2. The molecular weight excluding hydrogens is 282 g/mol. The second kappa shape index (κ2) is 4.79. The van der Waals surface area contributed by atoms with E-state index >= 15 is 0 Å². The molecule has 1 saturated carbocycles. The van der Waals surface area contributed by atoms with Crippen LogP contribution in [0.25, 0.3) is 0 Å². The molecule has 2 N–H and O–H groups in total. The monoisotopic (exact) mass is 293 g/mol. The largest absolute Gasteiger partial charge is 0.343 e. The van der Waals surface area contributed by atoms with E-state index in [1.54, 1.807) is 6.07 Å². The van der Waals surface area contributed by atoms with Gasteiger partial charge in [0.2, 0.25) is 11.8 Å². The van der Waals surface area contributed by atoms with Gasteiger partial charge < -0.3 is 0 Å². The molecule has 2 fully saturated rings. The summed E-state index contributed by atoms with van der Waals surface area (Å²) in [7, 11) is 0. The normalized spacial score (nSPS) is 24.6. The Morgan fingerprint density at radius 3 is 2.75 bits per heavy atom. The van der Waals surface area contributed by atoms with Crippen LogP contribution in [0, 0.1) is 5.92 Å². The molecule has 1 aromatic rings. The number of hydrogen-bond acceptors (Lipinski definition) is 3. The third-order valence-corrected chi connectivity index (χ3v) is 3.81. The number of carbonyl (C=O) groups excluding carboxylic acids is 3. The van der Waals surface area contributed by atoms with Crippen molar-refractivity contribution >= 4 is 29.4 Å². The minimum absolute atomic E-state index is 0.0741. The predicted octanol–water partition coefficient (Wildman–Crippen LogP) is 1.03. The Bertz CT molecular complexity index is 604. The first-order chi connectivity index (χ1) is 9.56. The van der Waals surface area contributed by atoms with Gasteiger partial charge in [0, 0.05) is 10.9 Å². The van der Waals surface area contributed by atoms with Crippen molar-refractivity contribution in [3.63, 3.8) is 0 Å². The Hall–Kier alpha value is -2.08. The van der Waals surface area contributed by atoms with Gasteiger partial charge in [-0.3, -0.25) is 20.3 Å². The van der Waals surface area contributed by atoms with E-state index in [9.17, 15) is 14.4 Å². The number of urea groups is 1. The van der Waals surface area contributed by atoms with Crippen molar-refractivity contribution in [2.75, 3.05) is 6.54 Å². The van der Waals surface area contributed by atoms with Crippen molar-refractivity contribution in [3.8, 4) is 0 Å². The fourth-order valence-electron chi connectivity index (χ4n) is 2.35. The maximum Gasteiger partial charge on any atom is 0.343 e. The molecule has 0 bridgehead atoms. The van der Waals surface area contributed by atoms with Crippen LogP contribution in [0.15, 0.2) is 24.3 Å². The number of imide groups is 1. The lowest BCUT2D eigenvalue weighted by atomic mass is 10.1. The van der Waals surface area contributed by atoms with Gasteiger partial charge in [0.1, 0.15) is 6.54 Å². The quantitative estimate of drug-likeness (QED) is 0.817. The number of hydrogen-bond donors (Lipinski definition) is 2. The van der Waals surface area contributed by atoms with Crippen molar-refractivity contribution in [1.82, 2.24) is 15.8 Å². The Labute approximate surface area is 120 Å². The first-order valence-corrected chi connectivity index (χ1v) is 6.60. The molecule has 2 atom stereocenters. The van der Waals surface area contributed by atoms with Gasteiger partial charge in [0.15, 0.2) is 0 Å². The summed E-state index contributed by atoms with van der Waals surface area (Å²) in [5, 5.41) is 3.73. The number of rotatable bonds is 3. The Balaban J connectivity index is 1.62. The van der Waals surface area contributed by atoms with Crippen molar-refractivity contribution in [1.29, 1.82) is 0 Å². The standard InChI is InChI=1S/C13H12ClN3O3/c14-10-4-2-1-3-7(10)8-5-9(8)12(19)16-17-6-11(18)15-13(17)20/h1-4,8-9H,5-6H2,(H,16,19)(H,15,18,20)/t8-,9-/m0/s1. The molecule has 4 amide bonds. The molecule has 3 rings (SSSR count). The zero-order valence-electron chi connectivity index (χ0n) is 10.4. The lowest BCUT2D eigenvalue weighted by Gasteiger charge is -2.14. The van der Waals surface area contributed by atoms with Crippen LogP contribution >= 0.6 is 11.6 Å². The molecule has 1 aliphatic carbocycles. The molecule has 1 aliphatic heterocycles. The van der Waals surface area contributed by atoms with E-state index in [2.05, 4.69) is 10.7 Å². The second-order valence-corrected chi connectivity index (χ2v) is 5.29. The summed E-state index contributed by atoms with van der Waals surface area (Å²) in [5.74, 6) is -0.822. The second-order valence-electron chi connectivity index (χ2n) is 4.89. The van der Waals surface area contributed by atoms with Crippen LogP contribution in [-0.2, 0) is 9.59 Å². The van der Waals surface area contributed by atoms with E-state index in [1.807, 2.05) is 18.2 Å². The van der Waals surface area contributed by atoms with E-state index in [0.29, 0.717) is 11.4 Å². The molecule has 1 aromatic carbocycles. The van der Waals surface area contributed by atoms with Gasteiger partial charge in [0.25, 0.3) is 0 Å². The maximum absolute atomic E-state index is 12.0. The molecule has 1 heterocycles. The lowest BCUT2D eigenvalue weighted by Crippen LogP contribution is -2.45. The van der Waals surface area contributed by atoms with Crippen LogP contribution in [-0.4, -0.2) is 29.4 Å². The SMILES string of the molecule is O=C1CN(NC(=O)[C@H]2C[C@H]2c2ccccc2Cl)C(=O)N1. The maximum atomic E-state index is 12.0. The van der Waals surface area contributed by atoms with Gasteiger partial charge in [-0.2, -0.15) is 0 Å².